The van der Waals surface area contributed by atoms with Crippen LogP contribution in [0.4, 0.5) is 57.1 Å². The van der Waals surface area contributed by atoms with Gasteiger partial charge in [0, 0.05) is 0 Å². The van der Waals surface area contributed by atoms with E-state index in [4.69, 9.17) is 11.6 Å². The SMILES string of the molecule is FC(F)(F)C(F)(F)C(F)(F)C(F)(F)C(F)(F)C(F)(F)/C=C(/[Te]c1ccccc1)c1ccc(Cl)cc1. The van der Waals surface area contributed by atoms with Gasteiger partial charge in [0.1, 0.15) is 0 Å². The van der Waals surface area contributed by atoms with Crippen molar-refractivity contribution in [1.29, 1.82) is 0 Å². The maximum absolute atomic E-state index is 14.5. The van der Waals surface area contributed by atoms with Crippen LogP contribution in [-0.2, 0) is 0 Å². The van der Waals surface area contributed by atoms with Gasteiger partial charge in [-0.2, -0.15) is 0 Å². The van der Waals surface area contributed by atoms with Gasteiger partial charge in [0.15, 0.2) is 0 Å². The molecule has 2 rings (SSSR count). The molecule has 0 N–H and O–H groups in total. The summed E-state index contributed by atoms with van der Waals surface area (Å²) in [6.07, 6.45) is -8.27. The second-order valence-electron chi connectivity index (χ2n) is 6.85. The van der Waals surface area contributed by atoms with Gasteiger partial charge >= 0.3 is 204 Å². The number of rotatable bonds is 8. The fourth-order valence-electron chi connectivity index (χ4n) is 2.44. The molecule has 0 nitrogen and oxygen atoms in total. The van der Waals surface area contributed by atoms with Crippen molar-refractivity contribution in [3.05, 3.63) is 71.3 Å². The Morgan fingerprint density at radius 1 is 0.600 bits per heavy atom. The number of halogens is 14. The third-order valence-electron chi connectivity index (χ3n) is 4.37. The Labute approximate surface area is 203 Å². The summed E-state index contributed by atoms with van der Waals surface area (Å²) in [6.45, 7) is 0. The van der Waals surface area contributed by atoms with Crippen molar-refractivity contribution < 1.29 is 57.1 Å². The van der Waals surface area contributed by atoms with Crippen molar-refractivity contribution in [3.63, 3.8) is 0 Å². The molecular formula is C20H10ClF13Te. The first kappa shape index (κ1) is 29.6. The molecule has 2 aromatic carbocycles. The van der Waals surface area contributed by atoms with Gasteiger partial charge in [0.05, 0.1) is 0 Å². The van der Waals surface area contributed by atoms with Crippen molar-refractivity contribution in [2.24, 2.45) is 0 Å². The number of allylic oxidation sites excluding steroid dienone is 1. The zero-order chi connectivity index (χ0) is 27.1. The number of hydrogen-bond acceptors (Lipinski definition) is 0. The molecule has 2 aromatic rings. The summed E-state index contributed by atoms with van der Waals surface area (Å²) in [5.41, 5.74) is -0.271. The minimum atomic E-state index is -7.93. The molecule has 15 heteroatoms. The molecule has 0 spiro atoms. The molecule has 0 saturated carbocycles. The van der Waals surface area contributed by atoms with Gasteiger partial charge in [0.25, 0.3) is 0 Å². The second kappa shape index (κ2) is 9.67. The van der Waals surface area contributed by atoms with Crippen LogP contribution in [-0.4, -0.2) is 56.7 Å². The summed E-state index contributed by atoms with van der Waals surface area (Å²) in [6, 6.07) is 11.3. The van der Waals surface area contributed by atoms with Crippen LogP contribution in [0.2, 0.25) is 5.02 Å². The van der Waals surface area contributed by atoms with Crippen LogP contribution in [0.5, 0.6) is 0 Å². The van der Waals surface area contributed by atoms with Crippen LogP contribution in [0.15, 0.2) is 60.7 Å². The third-order valence-corrected chi connectivity index (χ3v) is 7.71. The molecule has 0 fully saturated rings. The molecule has 194 valence electrons. The van der Waals surface area contributed by atoms with E-state index in [1.807, 2.05) is 0 Å². The molecule has 0 aliphatic rings. The van der Waals surface area contributed by atoms with Gasteiger partial charge < -0.3 is 0 Å². The van der Waals surface area contributed by atoms with Crippen LogP contribution in [0.3, 0.4) is 0 Å². The molecule has 35 heavy (non-hydrogen) atoms. The average Bonchev–Trinajstić information content (AvgIpc) is 2.73. The number of hydrogen-bond donors (Lipinski definition) is 0. The summed E-state index contributed by atoms with van der Waals surface area (Å²) < 4.78 is 174. The fourth-order valence-corrected chi connectivity index (χ4v) is 5.44. The summed E-state index contributed by atoms with van der Waals surface area (Å²) in [4.78, 5) is 0. The maximum atomic E-state index is 14.5. The molecule has 0 unspecified atom stereocenters. The van der Waals surface area contributed by atoms with Gasteiger partial charge in [-0.25, -0.2) is 0 Å². The Hall–Kier alpha value is -1.65. The van der Waals surface area contributed by atoms with Crippen molar-refractivity contribution in [2.45, 2.75) is 35.8 Å². The topological polar surface area (TPSA) is 0 Å². The molecule has 0 radical (unpaired) electrons. The van der Waals surface area contributed by atoms with E-state index in [1.54, 1.807) is 0 Å². The molecule has 0 heterocycles. The van der Waals surface area contributed by atoms with Gasteiger partial charge in [-0.15, -0.1) is 0 Å². The van der Waals surface area contributed by atoms with E-state index in [9.17, 15) is 57.1 Å². The number of alkyl halides is 13. The standard InChI is InChI=1S/C20H10ClF13Te/c21-12-8-6-11(7-9-12)14(35-13-4-2-1-3-5-13)10-15(22,23)16(24,25)17(26,27)18(28,29)19(30,31)20(32,33)34/h1-10H/b14-10+. The first-order valence-corrected chi connectivity index (χ1v) is 11.6. The second-order valence-corrected chi connectivity index (χ2v) is 10.5. The van der Waals surface area contributed by atoms with Gasteiger partial charge in [-0.05, 0) is 0 Å². The summed E-state index contributed by atoms with van der Waals surface area (Å²) in [5.74, 6) is -37.2. The first-order chi connectivity index (χ1) is 15.7. The Kier molecular flexibility index (Phi) is 8.17. The molecule has 0 bridgehead atoms. The third kappa shape index (κ3) is 5.39. The van der Waals surface area contributed by atoms with E-state index in [0.717, 1.165) is 24.3 Å². The van der Waals surface area contributed by atoms with E-state index in [0.29, 0.717) is 0 Å². The normalized spacial score (nSPS) is 14.9. The van der Waals surface area contributed by atoms with Crippen molar-refractivity contribution in [3.8, 4) is 0 Å². The summed E-state index contributed by atoms with van der Waals surface area (Å²) in [5, 5.41) is 0.0473. The van der Waals surface area contributed by atoms with E-state index in [2.05, 4.69) is 0 Å². The predicted molar refractivity (Wildman–Crippen MR) is 102 cm³/mol. The fraction of sp³-hybridized carbons (Fsp3) is 0.300. The average molecular weight is 660 g/mol. The van der Waals surface area contributed by atoms with Crippen LogP contribution in [0.1, 0.15) is 5.56 Å². The zero-order valence-corrected chi connectivity index (χ0v) is 19.6. The molecule has 0 saturated heterocycles. The van der Waals surface area contributed by atoms with Gasteiger partial charge in [-0.3, -0.25) is 0 Å². The Balaban J connectivity index is 2.65. The van der Waals surface area contributed by atoms with Crippen molar-refractivity contribution in [1.82, 2.24) is 0 Å². The predicted octanol–water partition coefficient (Wildman–Crippen LogP) is 7.45. The monoisotopic (exact) mass is 662 g/mol. The Morgan fingerprint density at radius 3 is 1.51 bits per heavy atom. The van der Waals surface area contributed by atoms with Crippen molar-refractivity contribution in [2.75, 3.05) is 0 Å². The molecule has 0 aliphatic carbocycles. The van der Waals surface area contributed by atoms with Crippen LogP contribution < -0.4 is 3.61 Å². The van der Waals surface area contributed by atoms with E-state index in [-0.39, 0.29) is 14.2 Å². The Morgan fingerprint density at radius 2 is 1.06 bits per heavy atom. The van der Waals surface area contributed by atoms with Gasteiger partial charge in [-0.1, -0.05) is 0 Å². The van der Waals surface area contributed by atoms with E-state index in [1.165, 1.54) is 30.3 Å². The van der Waals surface area contributed by atoms with E-state index < -0.39 is 66.4 Å². The van der Waals surface area contributed by atoms with E-state index >= 15 is 0 Å². The molecule has 0 amide bonds. The van der Waals surface area contributed by atoms with Crippen LogP contribution in [0, 0.1) is 0 Å². The molecule has 0 atom stereocenters. The molecule has 0 aliphatic heterocycles. The van der Waals surface area contributed by atoms with Crippen LogP contribution in [0.25, 0.3) is 3.62 Å². The van der Waals surface area contributed by atoms with Gasteiger partial charge in [0.2, 0.25) is 0 Å². The summed E-state index contributed by atoms with van der Waals surface area (Å²) >= 11 is 3.52. The molecule has 0 aromatic heterocycles. The quantitative estimate of drug-likeness (QED) is 0.204. The number of benzene rings is 2. The Bertz CT molecular complexity index is 1040. The molecular weight excluding hydrogens is 650 g/mol. The first-order valence-electron chi connectivity index (χ1n) is 8.86. The summed E-state index contributed by atoms with van der Waals surface area (Å²) in [7, 11) is 0. The van der Waals surface area contributed by atoms with Crippen LogP contribution >= 0.6 is 11.6 Å². The van der Waals surface area contributed by atoms with Crippen molar-refractivity contribution >= 4 is 39.8 Å². The minimum absolute atomic E-state index is 0.0473. The zero-order valence-electron chi connectivity index (χ0n) is 16.5.